The van der Waals surface area contributed by atoms with E-state index in [1.54, 1.807) is 42.3 Å². The largest absolute Gasteiger partial charge is 0.344 e. The van der Waals surface area contributed by atoms with Crippen LogP contribution in [0.3, 0.4) is 0 Å². The molecule has 21 heavy (non-hydrogen) atoms. The highest BCUT2D eigenvalue weighted by atomic mass is 16.6. The van der Waals surface area contributed by atoms with E-state index in [0.29, 0.717) is 16.9 Å². The maximum absolute atomic E-state index is 10.8. The van der Waals surface area contributed by atoms with Crippen LogP contribution in [-0.4, -0.2) is 12.0 Å². The lowest BCUT2D eigenvalue weighted by Crippen LogP contribution is -2.11. The molecule has 2 aromatic carbocycles. The van der Waals surface area contributed by atoms with E-state index in [2.05, 4.69) is 6.07 Å². The third-order valence-electron chi connectivity index (χ3n) is 3.07. The van der Waals surface area contributed by atoms with Crippen molar-refractivity contribution in [2.75, 3.05) is 11.9 Å². The van der Waals surface area contributed by atoms with Gasteiger partial charge in [-0.25, -0.2) is 0 Å². The minimum atomic E-state index is -0.592. The molecule has 2 aromatic rings. The van der Waals surface area contributed by atoms with Gasteiger partial charge in [-0.1, -0.05) is 12.1 Å². The van der Waals surface area contributed by atoms with Crippen molar-refractivity contribution in [2.45, 2.75) is 0 Å². The lowest BCUT2D eigenvalue weighted by Gasteiger charge is -2.20. The quantitative estimate of drug-likeness (QED) is 0.635. The van der Waals surface area contributed by atoms with Crippen molar-refractivity contribution in [3.05, 3.63) is 63.7 Å². The van der Waals surface area contributed by atoms with Gasteiger partial charge < -0.3 is 4.90 Å². The second-order valence-electron chi connectivity index (χ2n) is 4.26. The molecule has 0 aliphatic rings. The lowest BCUT2D eigenvalue weighted by molar-refractivity contribution is -0.385. The zero-order chi connectivity index (χ0) is 15.4. The summed E-state index contributed by atoms with van der Waals surface area (Å²) in [4.78, 5) is 11.9. The number of nitro benzene ring substituents is 1. The number of anilines is 2. The fourth-order valence-corrected chi connectivity index (χ4v) is 1.98. The molecule has 0 amide bonds. The van der Waals surface area contributed by atoms with Crippen LogP contribution in [0.25, 0.3) is 0 Å². The van der Waals surface area contributed by atoms with Gasteiger partial charge in [0.25, 0.3) is 5.69 Å². The van der Waals surface area contributed by atoms with Gasteiger partial charge in [0.1, 0.15) is 17.7 Å². The van der Waals surface area contributed by atoms with Crippen molar-refractivity contribution in [3.63, 3.8) is 0 Å². The minimum Gasteiger partial charge on any atom is -0.344 e. The van der Waals surface area contributed by atoms with Gasteiger partial charge in [-0.05, 0) is 24.3 Å². The molecule has 102 valence electrons. The first-order chi connectivity index (χ1) is 10.1. The van der Waals surface area contributed by atoms with Gasteiger partial charge in [-0.3, -0.25) is 10.1 Å². The van der Waals surface area contributed by atoms with Crippen LogP contribution in [0.5, 0.6) is 0 Å². The van der Waals surface area contributed by atoms with Gasteiger partial charge in [-0.2, -0.15) is 10.5 Å². The van der Waals surface area contributed by atoms with E-state index in [1.165, 1.54) is 12.1 Å². The van der Waals surface area contributed by atoms with Crippen molar-refractivity contribution < 1.29 is 4.92 Å². The summed E-state index contributed by atoms with van der Waals surface area (Å²) in [5.74, 6) is 0. The molecule has 0 spiro atoms. The van der Waals surface area contributed by atoms with Gasteiger partial charge in [-0.15, -0.1) is 0 Å². The number of hydrogen-bond acceptors (Lipinski definition) is 5. The summed E-state index contributed by atoms with van der Waals surface area (Å²) < 4.78 is 0. The van der Waals surface area contributed by atoms with E-state index in [0.717, 1.165) is 0 Å². The Morgan fingerprint density at radius 3 is 2.38 bits per heavy atom. The third kappa shape index (κ3) is 2.65. The van der Waals surface area contributed by atoms with Crippen LogP contribution in [0.15, 0.2) is 42.5 Å². The van der Waals surface area contributed by atoms with Gasteiger partial charge in [0.05, 0.1) is 16.2 Å². The molecule has 0 atom stereocenters. The molecule has 2 rings (SSSR count). The molecule has 0 aromatic heterocycles. The fraction of sp³-hybridized carbons (Fsp3) is 0.0667. The van der Waals surface area contributed by atoms with Crippen LogP contribution >= 0.6 is 0 Å². The van der Waals surface area contributed by atoms with E-state index in [1.807, 2.05) is 6.07 Å². The second-order valence-corrected chi connectivity index (χ2v) is 4.26. The molecule has 0 aliphatic carbocycles. The highest BCUT2D eigenvalue weighted by molar-refractivity contribution is 5.71. The van der Waals surface area contributed by atoms with E-state index >= 15 is 0 Å². The first-order valence-corrected chi connectivity index (χ1v) is 6.00. The van der Waals surface area contributed by atoms with E-state index in [4.69, 9.17) is 10.5 Å². The van der Waals surface area contributed by atoms with Gasteiger partial charge in [0, 0.05) is 18.8 Å². The van der Waals surface area contributed by atoms with E-state index in [-0.39, 0.29) is 11.3 Å². The second kappa shape index (κ2) is 5.72. The third-order valence-corrected chi connectivity index (χ3v) is 3.07. The normalized spacial score (nSPS) is 9.48. The van der Waals surface area contributed by atoms with Crippen molar-refractivity contribution in [3.8, 4) is 12.1 Å². The Balaban J connectivity index is 2.50. The maximum atomic E-state index is 10.8. The highest BCUT2D eigenvalue weighted by Crippen LogP contribution is 2.30. The Kier molecular flexibility index (Phi) is 3.83. The van der Waals surface area contributed by atoms with Gasteiger partial charge in [0.15, 0.2) is 0 Å². The number of nitro groups is 1. The standard InChI is InChI=1S/C15H10N4O2/c1-18(14-5-3-2-4-11(14)9-16)13-6-7-15(19(20)21)12(8-13)10-17/h2-8H,1H3. The van der Waals surface area contributed by atoms with Crippen molar-refractivity contribution in [1.29, 1.82) is 10.5 Å². The minimum absolute atomic E-state index is 0.0150. The van der Waals surface area contributed by atoms with Crippen molar-refractivity contribution in [2.24, 2.45) is 0 Å². The highest BCUT2D eigenvalue weighted by Gasteiger charge is 2.16. The van der Waals surface area contributed by atoms with E-state index < -0.39 is 4.92 Å². The summed E-state index contributed by atoms with van der Waals surface area (Å²) in [6.45, 7) is 0. The number of nitrogens with zero attached hydrogens (tertiary/aromatic N) is 4. The molecule has 6 nitrogen and oxygen atoms in total. The SMILES string of the molecule is CN(c1ccc([N+](=O)[O-])c(C#N)c1)c1ccccc1C#N. The van der Waals surface area contributed by atoms with Crippen LogP contribution in [0.4, 0.5) is 17.1 Å². The summed E-state index contributed by atoms with van der Waals surface area (Å²) in [5.41, 5.74) is 1.50. The fourth-order valence-electron chi connectivity index (χ4n) is 1.98. The molecule has 0 N–H and O–H groups in total. The summed E-state index contributed by atoms with van der Waals surface area (Å²) in [6.07, 6.45) is 0. The number of para-hydroxylation sites is 1. The zero-order valence-corrected chi connectivity index (χ0v) is 11.1. The molecule has 0 heterocycles. The molecule has 6 heteroatoms. The average Bonchev–Trinajstić information content (AvgIpc) is 2.53. The first kappa shape index (κ1) is 14.0. The Hall–Kier alpha value is -3.38. The Bertz CT molecular complexity index is 787. The smallest absolute Gasteiger partial charge is 0.287 e. The number of benzene rings is 2. The maximum Gasteiger partial charge on any atom is 0.287 e. The molecular formula is C15H10N4O2. The number of hydrogen-bond donors (Lipinski definition) is 0. The topological polar surface area (TPSA) is 94.0 Å². The van der Waals surface area contributed by atoms with Crippen LogP contribution in [0.1, 0.15) is 11.1 Å². The molecular weight excluding hydrogens is 268 g/mol. The molecule has 0 saturated carbocycles. The monoisotopic (exact) mass is 278 g/mol. The summed E-state index contributed by atoms with van der Waals surface area (Å²) in [5, 5.41) is 29.0. The Morgan fingerprint density at radius 1 is 1.10 bits per heavy atom. The number of rotatable bonds is 3. The van der Waals surface area contributed by atoms with Crippen molar-refractivity contribution >= 4 is 17.1 Å². The molecule has 0 saturated heterocycles. The molecule has 0 radical (unpaired) electrons. The zero-order valence-electron chi connectivity index (χ0n) is 11.1. The predicted octanol–water partition coefficient (Wildman–Crippen LogP) is 3.11. The van der Waals surface area contributed by atoms with Crippen LogP contribution in [-0.2, 0) is 0 Å². The average molecular weight is 278 g/mol. The molecule has 0 fully saturated rings. The predicted molar refractivity (Wildman–Crippen MR) is 77.0 cm³/mol. The lowest BCUT2D eigenvalue weighted by atomic mass is 10.1. The van der Waals surface area contributed by atoms with Gasteiger partial charge in [0.2, 0.25) is 0 Å². The summed E-state index contributed by atoms with van der Waals surface area (Å²) in [7, 11) is 1.73. The van der Waals surface area contributed by atoms with Crippen LogP contribution in [0, 0.1) is 32.8 Å². The van der Waals surface area contributed by atoms with Gasteiger partial charge >= 0.3 is 0 Å². The number of nitriles is 2. The molecule has 0 aliphatic heterocycles. The molecule has 0 bridgehead atoms. The summed E-state index contributed by atoms with van der Waals surface area (Å²) >= 11 is 0. The van der Waals surface area contributed by atoms with Crippen LogP contribution < -0.4 is 4.90 Å². The van der Waals surface area contributed by atoms with Crippen molar-refractivity contribution in [1.82, 2.24) is 0 Å². The Morgan fingerprint density at radius 2 is 1.76 bits per heavy atom. The Labute approximate surface area is 121 Å². The summed E-state index contributed by atoms with van der Waals surface area (Å²) in [6, 6.07) is 15.2. The molecule has 0 unspecified atom stereocenters. The van der Waals surface area contributed by atoms with Crippen LogP contribution in [0.2, 0.25) is 0 Å². The van der Waals surface area contributed by atoms with E-state index in [9.17, 15) is 10.1 Å². The first-order valence-electron chi connectivity index (χ1n) is 6.00.